The summed E-state index contributed by atoms with van der Waals surface area (Å²) in [5.41, 5.74) is 2.43. The number of nitrogens with zero attached hydrogens (tertiary/aromatic N) is 3. The number of fused-ring (bicyclic) bond motifs is 1. The van der Waals surface area contributed by atoms with Crippen LogP contribution >= 0.6 is 0 Å². The van der Waals surface area contributed by atoms with E-state index in [1.54, 1.807) is 54.0 Å². The highest BCUT2D eigenvalue weighted by molar-refractivity contribution is 5.91. The summed E-state index contributed by atoms with van der Waals surface area (Å²) in [5.74, 6) is 2.02. The Morgan fingerprint density at radius 1 is 0.864 bits per heavy atom. The first-order valence-corrected chi connectivity index (χ1v) is 14.5. The first kappa shape index (κ1) is 30.2. The summed E-state index contributed by atoms with van der Waals surface area (Å²) in [6.45, 7) is 2.34. The van der Waals surface area contributed by atoms with E-state index in [4.69, 9.17) is 19.2 Å². The molecule has 0 bridgehead atoms. The van der Waals surface area contributed by atoms with E-state index >= 15 is 0 Å². The van der Waals surface area contributed by atoms with E-state index in [0.29, 0.717) is 64.7 Å². The number of ether oxygens (including phenoxy) is 3. The molecule has 0 spiro atoms. The van der Waals surface area contributed by atoms with Gasteiger partial charge >= 0.3 is 6.03 Å². The predicted octanol–water partition coefficient (Wildman–Crippen LogP) is 6.64. The van der Waals surface area contributed by atoms with Gasteiger partial charge in [0.15, 0.2) is 0 Å². The lowest BCUT2D eigenvalue weighted by atomic mass is 10.1. The van der Waals surface area contributed by atoms with Crippen molar-refractivity contribution < 1.29 is 19.0 Å². The number of rotatable bonds is 11. The highest BCUT2D eigenvalue weighted by atomic mass is 16.5. The minimum atomic E-state index is -0.579. The first-order chi connectivity index (χ1) is 21.5. The minimum Gasteiger partial charge on any atom is -0.497 e. The maximum absolute atomic E-state index is 14.2. The SMILES string of the molecule is CCC(c1nc2ccccc2c(=O)n1-c1ccccc1OC)N(CCc1ccccc1)C(=O)Nc1ccc(OC)cc1OC. The Bertz CT molecular complexity index is 1810. The molecule has 0 fully saturated rings. The monoisotopic (exact) mass is 592 g/mol. The van der Waals surface area contributed by atoms with E-state index in [2.05, 4.69) is 5.32 Å². The van der Waals surface area contributed by atoms with Crippen molar-refractivity contribution in [1.29, 1.82) is 0 Å². The molecule has 2 amide bonds. The van der Waals surface area contributed by atoms with E-state index in [9.17, 15) is 9.59 Å². The lowest BCUT2D eigenvalue weighted by molar-refractivity contribution is 0.182. The molecule has 0 saturated heterocycles. The molecular weight excluding hydrogens is 556 g/mol. The third kappa shape index (κ3) is 6.22. The summed E-state index contributed by atoms with van der Waals surface area (Å²) in [6.07, 6.45) is 1.08. The number of methoxy groups -OCH3 is 3. The largest absolute Gasteiger partial charge is 0.497 e. The van der Waals surface area contributed by atoms with Crippen molar-refractivity contribution in [3.63, 3.8) is 0 Å². The van der Waals surface area contributed by atoms with Crippen LogP contribution in [-0.2, 0) is 6.42 Å². The number of urea groups is 1. The quantitative estimate of drug-likeness (QED) is 0.185. The Kier molecular flexibility index (Phi) is 9.44. The molecule has 1 unspecified atom stereocenters. The number of anilines is 1. The van der Waals surface area contributed by atoms with Crippen molar-refractivity contribution in [2.24, 2.45) is 0 Å². The molecule has 9 nitrogen and oxygen atoms in total. The molecule has 1 aromatic heterocycles. The lowest BCUT2D eigenvalue weighted by Crippen LogP contribution is -2.42. The molecule has 0 aliphatic rings. The smallest absolute Gasteiger partial charge is 0.322 e. The molecule has 44 heavy (non-hydrogen) atoms. The van der Waals surface area contributed by atoms with E-state index in [0.717, 1.165) is 5.56 Å². The summed E-state index contributed by atoms with van der Waals surface area (Å²) in [5, 5.41) is 3.51. The van der Waals surface area contributed by atoms with Gasteiger partial charge in [0.25, 0.3) is 5.56 Å². The second-order valence-electron chi connectivity index (χ2n) is 10.1. The maximum atomic E-state index is 14.2. The van der Waals surface area contributed by atoms with E-state index in [1.807, 2.05) is 73.7 Å². The Balaban J connectivity index is 1.66. The first-order valence-electron chi connectivity index (χ1n) is 14.5. The van der Waals surface area contributed by atoms with Gasteiger partial charge in [-0.05, 0) is 54.8 Å². The second-order valence-corrected chi connectivity index (χ2v) is 10.1. The molecule has 5 rings (SSSR count). The van der Waals surface area contributed by atoms with Crippen molar-refractivity contribution in [2.75, 3.05) is 33.2 Å². The van der Waals surface area contributed by atoms with Gasteiger partial charge < -0.3 is 24.4 Å². The number of para-hydroxylation sites is 3. The molecule has 1 heterocycles. The molecule has 5 aromatic rings. The van der Waals surface area contributed by atoms with Gasteiger partial charge in [0, 0.05) is 12.6 Å². The maximum Gasteiger partial charge on any atom is 0.322 e. The Morgan fingerprint density at radius 2 is 1.57 bits per heavy atom. The Hall–Kier alpha value is -5.31. The van der Waals surface area contributed by atoms with Gasteiger partial charge in [-0.3, -0.25) is 9.36 Å². The highest BCUT2D eigenvalue weighted by Gasteiger charge is 2.30. The van der Waals surface area contributed by atoms with Crippen molar-refractivity contribution in [2.45, 2.75) is 25.8 Å². The summed E-state index contributed by atoms with van der Waals surface area (Å²) in [7, 11) is 4.68. The fraction of sp³-hybridized carbons (Fsp3) is 0.229. The average molecular weight is 593 g/mol. The van der Waals surface area contributed by atoms with Gasteiger partial charge in [0.2, 0.25) is 0 Å². The zero-order valence-corrected chi connectivity index (χ0v) is 25.3. The Morgan fingerprint density at radius 3 is 2.30 bits per heavy atom. The van der Waals surface area contributed by atoms with Crippen molar-refractivity contribution in [3.05, 3.63) is 119 Å². The highest BCUT2D eigenvalue weighted by Crippen LogP contribution is 2.32. The topological polar surface area (TPSA) is 94.9 Å². The number of hydrogen-bond donors (Lipinski definition) is 1. The minimum absolute atomic E-state index is 0.242. The predicted molar refractivity (Wildman–Crippen MR) is 172 cm³/mol. The van der Waals surface area contributed by atoms with Crippen LogP contribution in [0.25, 0.3) is 16.6 Å². The standard InChI is InChI=1S/C35H36N4O5/c1-5-29(33-36-27-16-10-9-15-26(27)34(40)39(33)30-17-11-12-18-31(30)43-3)38(22-21-24-13-7-6-8-14-24)35(41)37-28-20-19-25(42-2)23-32(28)44-4/h6-20,23,29H,5,21-22H2,1-4H3,(H,37,41). The van der Waals surface area contributed by atoms with Gasteiger partial charge in [0.1, 0.15) is 23.1 Å². The van der Waals surface area contributed by atoms with Crippen LogP contribution in [0.5, 0.6) is 17.2 Å². The van der Waals surface area contributed by atoms with Gasteiger partial charge in [-0.15, -0.1) is 0 Å². The molecule has 0 saturated carbocycles. The van der Waals surface area contributed by atoms with E-state index in [1.165, 1.54) is 7.11 Å². The summed E-state index contributed by atoms with van der Waals surface area (Å²) in [4.78, 5) is 35.2. The molecule has 1 N–H and O–H groups in total. The molecule has 0 aliphatic heterocycles. The lowest BCUT2D eigenvalue weighted by Gasteiger charge is -2.33. The average Bonchev–Trinajstić information content (AvgIpc) is 3.07. The fourth-order valence-corrected chi connectivity index (χ4v) is 5.35. The number of aromatic nitrogens is 2. The van der Waals surface area contributed by atoms with Crippen LogP contribution in [0, 0.1) is 0 Å². The number of benzene rings is 4. The normalized spacial score (nSPS) is 11.5. The van der Waals surface area contributed by atoms with Crippen molar-refractivity contribution >= 4 is 22.6 Å². The number of amides is 2. The number of carbonyl (C=O) groups excluding carboxylic acids is 1. The molecular formula is C35H36N4O5. The van der Waals surface area contributed by atoms with Crippen LogP contribution in [0.1, 0.15) is 30.8 Å². The summed E-state index contributed by atoms with van der Waals surface area (Å²) < 4.78 is 18.1. The second kappa shape index (κ2) is 13.8. The van der Waals surface area contributed by atoms with Gasteiger partial charge in [0.05, 0.1) is 49.6 Å². The van der Waals surface area contributed by atoms with E-state index < -0.39 is 6.04 Å². The number of nitrogens with one attached hydrogen (secondary N) is 1. The number of hydrogen-bond acceptors (Lipinski definition) is 6. The van der Waals surface area contributed by atoms with Gasteiger partial charge in [-0.2, -0.15) is 0 Å². The summed E-state index contributed by atoms with van der Waals surface area (Å²) in [6, 6.07) is 28.8. The third-order valence-corrected chi connectivity index (χ3v) is 7.58. The van der Waals surface area contributed by atoms with Crippen LogP contribution in [0.4, 0.5) is 10.5 Å². The van der Waals surface area contributed by atoms with Crippen LogP contribution < -0.4 is 25.1 Å². The third-order valence-electron chi connectivity index (χ3n) is 7.58. The molecule has 0 aliphatic carbocycles. The molecule has 1 atom stereocenters. The molecule has 226 valence electrons. The molecule has 0 radical (unpaired) electrons. The van der Waals surface area contributed by atoms with Crippen molar-refractivity contribution in [3.8, 4) is 22.9 Å². The Labute approximate surface area is 256 Å². The van der Waals surface area contributed by atoms with Crippen LogP contribution in [-0.4, -0.2) is 48.4 Å². The summed E-state index contributed by atoms with van der Waals surface area (Å²) >= 11 is 0. The van der Waals surface area contributed by atoms with Crippen LogP contribution in [0.3, 0.4) is 0 Å². The van der Waals surface area contributed by atoms with Crippen molar-refractivity contribution in [1.82, 2.24) is 14.5 Å². The van der Waals surface area contributed by atoms with E-state index in [-0.39, 0.29) is 11.6 Å². The zero-order valence-electron chi connectivity index (χ0n) is 25.3. The van der Waals surface area contributed by atoms with Crippen LogP contribution in [0.15, 0.2) is 102 Å². The van der Waals surface area contributed by atoms with Crippen LogP contribution in [0.2, 0.25) is 0 Å². The van der Waals surface area contributed by atoms with Gasteiger partial charge in [-0.25, -0.2) is 9.78 Å². The zero-order chi connectivity index (χ0) is 31.1. The number of carbonyl (C=O) groups is 1. The molecule has 4 aromatic carbocycles. The van der Waals surface area contributed by atoms with Gasteiger partial charge in [-0.1, -0.05) is 61.5 Å². The molecule has 9 heteroatoms. The fourth-order valence-electron chi connectivity index (χ4n) is 5.35.